The predicted molar refractivity (Wildman–Crippen MR) is 82.6 cm³/mol. The maximum absolute atomic E-state index is 9.09. The standard InChI is InChI=1S/C17H20N2O/c18-16-8-7-15-2-1-9-19(17(15)10-16)11-13-3-5-14(12-20)6-4-13/h3-8,10,20H,1-2,9,11-12,18H2. The number of rotatable bonds is 3. The van der Waals surface area contributed by atoms with Crippen molar-refractivity contribution >= 4 is 11.4 Å². The summed E-state index contributed by atoms with van der Waals surface area (Å²) in [6.07, 6.45) is 2.32. The number of hydrogen-bond donors (Lipinski definition) is 2. The first kappa shape index (κ1) is 13.0. The lowest BCUT2D eigenvalue weighted by Crippen LogP contribution is -2.28. The van der Waals surface area contributed by atoms with Gasteiger partial charge in [0.05, 0.1) is 6.61 Å². The van der Waals surface area contributed by atoms with Gasteiger partial charge < -0.3 is 15.7 Å². The summed E-state index contributed by atoms with van der Waals surface area (Å²) in [4.78, 5) is 2.39. The van der Waals surface area contributed by atoms with Crippen molar-refractivity contribution in [1.29, 1.82) is 0 Å². The second-order valence-electron chi connectivity index (χ2n) is 5.39. The normalized spacial score (nSPS) is 14.2. The summed E-state index contributed by atoms with van der Waals surface area (Å²) in [6, 6.07) is 14.4. The first-order valence-electron chi connectivity index (χ1n) is 7.08. The van der Waals surface area contributed by atoms with Gasteiger partial charge in [0.25, 0.3) is 0 Å². The monoisotopic (exact) mass is 268 g/mol. The van der Waals surface area contributed by atoms with Crippen LogP contribution in [0.25, 0.3) is 0 Å². The molecule has 3 N–H and O–H groups in total. The van der Waals surface area contributed by atoms with Gasteiger partial charge in [-0.1, -0.05) is 30.3 Å². The third kappa shape index (κ3) is 2.63. The average Bonchev–Trinajstić information content (AvgIpc) is 2.49. The van der Waals surface area contributed by atoms with Crippen LogP contribution in [0.5, 0.6) is 0 Å². The van der Waals surface area contributed by atoms with Gasteiger partial charge in [-0.3, -0.25) is 0 Å². The summed E-state index contributed by atoms with van der Waals surface area (Å²) in [6.45, 7) is 2.06. The van der Waals surface area contributed by atoms with Crippen molar-refractivity contribution in [2.75, 3.05) is 17.2 Å². The molecule has 3 heteroatoms. The van der Waals surface area contributed by atoms with Gasteiger partial charge in [-0.15, -0.1) is 0 Å². The number of nitrogens with two attached hydrogens (primary N) is 1. The van der Waals surface area contributed by atoms with E-state index in [2.05, 4.69) is 29.2 Å². The Morgan fingerprint density at radius 1 is 1.05 bits per heavy atom. The Morgan fingerprint density at radius 2 is 1.80 bits per heavy atom. The molecule has 0 saturated heterocycles. The molecule has 104 valence electrons. The zero-order chi connectivity index (χ0) is 13.9. The van der Waals surface area contributed by atoms with Crippen LogP contribution in [0.2, 0.25) is 0 Å². The van der Waals surface area contributed by atoms with Crippen molar-refractivity contribution in [3.63, 3.8) is 0 Å². The zero-order valence-electron chi connectivity index (χ0n) is 11.5. The molecule has 1 heterocycles. The molecule has 0 spiro atoms. The van der Waals surface area contributed by atoms with Crippen LogP contribution in [0.3, 0.4) is 0 Å². The number of hydrogen-bond acceptors (Lipinski definition) is 3. The molecule has 2 aromatic rings. The Hall–Kier alpha value is -2.00. The average molecular weight is 268 g/mol. The van der Waals surface area contributed by atoms with Gasteiger partial charge in [0.1, 0.15) is 0 Å². The van der Waals surface area contributed by atoms with Gasteiger partial charge in [0.2, 0.25) is 0 Å². The van der Waals surface area contributed by atoms with Crippen LogP contribution >= 0.6 is 0 Å². The van der Waals surface area contributed by atoms with Gasteiger partial charge >= 0.3 is 0 Å². The molecule has 2 aromatic carbocycles. The third-order valence-electron chi connectivity index (χ3n) is 3.90. The van der Waals surface area contributed by atoms with E-state index in [-0.39, 0.29) is 6.61 Å². The molecule has 3 nitrogen and oxygen atoms in total. The lowest BCUT2D eigenvalue weighted by atomic mass is 10.0. The Morgan fingerprint density at radius 3 is 2.55 bits per heavy atom. The van der Waals surface area contributed by atoms with E-state index in [0.29, 0.717) is 0 Å². The molecule has 0 fully saturated rings. The molecule has 0 radical (unpaired) electrons. The fourth-order valence-corrected chi connectivity index (χ4v) is 2.80. The van der Waals surface area contributed by atoms with E-state index in [1.165, 1.54) is 23.2 Å². The summed E-state index contributed by atoms with van der Waals surface area (Å²) in [5.41, 5.74) is 11.6. The zero-order valence-corrected chi connectivity index (χ0v) is 11.5. The van der Waals surface area contributed by atoms with E-state index < -0.39 is 0 Å². The lowest BCUT2D eigenvalue weighted by molar-refractivity contribution is 0.282. The van der Waals surface area contributed by atoms with E-state index >= 15 is 0 Å². The Kier molecular flexibility index (Phi) is 3.61. The summed E-state index contributed by atoms with van der Waals surface area (Å²) in [5.74, 6) is 0. The number of fused-ring (bicyclic) bond motifs is 1. The van der Waals surface area contributed by atoms with Crippen LogP contribution < -0.4 is 10.6 Å². The van der Waals surface area contributed by atoms with Crippen LogP contribution in [0, 0.1) is 0 Å². The van der Waals surface area contributed by atoms with Crippen molar-refractivity contribution in [2.24, 2.45) is 0 Å². The minimum atomic E-state index is 0.101. The number of aliphatic hydroxyl groups is 1. The minimum absolute atomic E-state index is 0.101. The molecular formula is C17H20N2O. The number of nitrogens with zero attached hydrogens (tertiary/aromatic N) is 1. The molecule has 20 heavy (non-hydrogen) atoms. The van der Waals surface area contributed by atoms with E-state index in [4.69, 9.17) is 10.8 Å². The first-order chi connectivity index (χ1) is 9.76. The molecule has 0 aliphatic carbocycles. The van der Waals surface area contributed by atoms with Crippen molar-refractivity contribution in [1.82, 2.24) is 0 Å². The highest BCUT2D eigenvalue weighted by atomic mass is 16.3. The van der Waals surface area contributed by atoms with Gasteiger partial charge in [-0.25, -0.2) is 0 Å². The Labute approximate surface area is 119 Å². The maximum atomic E-state index is 9.09. The van der Waals surface area contributed by atoms with E-state index in [9.17, 15) is 0 Å². The Balaban J connectivity index is 1.83. The number of benzene rings is 2. The maximum Gasteiger partial charge on any atom is 0.0681 e. The highest BCUT2D eigenvalue weighted by molar-refractivity contribution is 5.62. The fourth-order valence-electron chi connectivity index (χ4n) is 2.80. The molecule has 1 aliphatic rings. The first-order valence-corrected chi connectivity index (χ1v) is 7.08. The second-order valence-corrected chi connectivity index (χ2v) is 5.39. The number of aryl methyl sites for hydroxylation is 1. The van der Waals surface area contributed by atoms with Crippen molar-refractivity contribution in [3.8, 4) is 0 Å². The van der Waals surface area contributed by atoms with Crippen LogP contribution in [0.4, 0.5) is 11.4 Å². The molecule has 0 amide bonds. The summed E-state index contributed by atoms with van der Waals surface area (Å²) >= 11 is 0. The fraction of sp³-hybridized carbons (Fsp3) is 0.294. The molecule has 0 saturated carbocycles. The molecule has 0 bridgehead atoms. The molecular weight excluding hydrogens is 248 g/mol. The molecule has 0 aromatic heterocycles. The molecule has 0 atom stereocenters. The number of aliphatic hydroxyl groups excluding tert-OH is 1. The van der Waals surface area contributed by atoms with Crippen LogP contribution in [0.15, 0.2) is 42.5 Å². The SMILES string of the molecule is Nc1ccc2c(c1)N(Cc1ccc(CO)cc1)CCC2. The quantitative estimate of drug-likeness (QED) is 0.842. The van der Waals surface area contributed by atoms with Crippen molar-refractivity contribution in [3.05, 3.63) is 59.2 Å². The predicted octanol–water partition coefficient (Wildman–Crippen LogP) is 2.71. The molecule has 0 unspecified atom stereocenters. The largest absolute Gasteiger partial charge is 0.399 e. The van der Waals surface area contributed by atoms with E-state index in [1.807, 2.05) is 18.2 Å². The van der Waals surface area contributed by atoms with Gasteiger partial charge in [-0.05, 0) is 41.7 Å². The van der Waals surface area contributed by atoms with E-state index in [1.54, 1.807) is 0 Å². The van der Waals surface area contributed by atoms with Crippen LogP contribution in [-0.2, 0) is 19.6 Å². The molecule has 3 rings (SSSR count). The van der Waals surface area contributed by atoms with Crippen LogP contribution in [-0.4, -0.2) is 11.7 Å². The molecule has 1 aliphatic heterocycles. The Bertz CT molecular complexity index is 592. The van der Waals surface area contributed by atoms with E-state index in [0.717, 1.165) is 30.8 Å². The second kappa shape index (κ2) is 5.55. The number of nitrogen functional groups attached to an aromatic ring is 1. The van der Waals surface area contributed by atoms with Gasteiger partial charge in [0.15, 0.2) is 0 Å². The van der Waals surface area contributed by atoms with Crippen molar-refractivity contribution < 1.29 is 5.11 Å². The third-order valence-corrected chi connectivity index (χ3v) is 3.90. The number of anilines is 2. The summed E-state index contributed by atoms with van der Waals surface area (Å²) in [7, 11) is 0. The highest BCUT2D eigenvalue weighted by Crippen LogP contribution is 2.30. The summed E-state index contributed by atoms with van der Waals surface area (Å²) < 4.78 is 0. The van der Waals surface area contributed by atoms with Gasteiger partial charge in [0, 0.05) is 24.5 Å². The summed E-state index contributed by atoms with van der Waals surface area (Å²) in [5, 5.41) is 9.09. The lowest BCUT2D eigenvalue weighted by Gasteiger charge is -2.31. The van der Waals surface area contributed by atoms with Crippen LogP contribution in [0.1, 0.15) is 23.1 Å². The topological polar surface area (TPSA) is 49.5 Å². The smallest absolute Gasteiger partial charge is 0.0681 e. The minimum Gasteiger partial charge on any atom is -0.399 e. The van der Waals surface area contributed by atoms with Gasteiger partial charge in [-0.2, -0.15) is 0 Å². The van der Waals surface area contributed by atoms with Crippen molar-refractivity contribution in [2.45, 2.75) is 26.0 Å². The highest BCUT2D eigenvalue weighted by Gasteiger charge is 2.17.